The van der Waals surface area contributed by atoms with Gasteiger partial charge in [-0.2, -0.15) is 0 Å². The lowest BCUT2D eigenvalue weighted by atomic mass is 9.75. The Morgan fingerprint density at radius 2 is 1.81 bits per heavy atom. The molecule has 0 spiro atoms. The Kier molecular flexibility index (Phi) is 3.62. The monoisotopic (exact) mass is 282 g/mol. The van der Waals surface area contributed by atoms with Crippen LogP contribution in [0.4, 0.5) is 0 Å². The van der Waals surface area contributed by atoms with Crippen LogP contribution in [0, 0.1) is 0 Å². The first-order valence-corrected chi connectivity index (χ1v) is 7.56. The maximum atomic E-state index is 9.50. The summed E-state index contributed by atoms with van der Waals surface area (Å²) in [7, 11) is 1.72. The van der Waals surface area contributed by atoms with Crippen LogP contribution in [0.2, 0.25) is 0 Å². The fraction of sp³-hybridized carbons (Fsp3) is 0.368. The zero-order valence-corrected chi connectivity index (χ0v) is 12.7. The minimum atomic E-state index is 0.132. The van der Waals surface area contributed by atoms with Gasteiger partial charge in [0, 0.05) is 0 Å². The molecule has 2 aromatic rings. The number of hydrogen-bond acceptors (Lipinski definition) is 2. The minimum Gasteiger partial charge on any atom is -0.508 e. The number of aromatic hydroxyl groups is 1. The molecule has 0 saturated carbocycles. The summed E-state index contributed by atoms with van der Waals surface area (Å²) in [5.74, 6) is 1.28. The summed E-state index contributed by atoms with van der Waals surface area (Å²) in [6, 6.07) is 14.1. The molecule has 1 atom stereocenters. The predicted molar refractivity (Wildman–Crippen MR) is 85.1 cm³/mol. The number of aryl methyl sites for hydroxylation is 1. The predicted octanol–water partition coefficient (Wildman–Crippen LogP) is 4.24. The maximum Gasteiger partial charge on any atom is 0.119 e. The molecule has 0 aliphatic heterocycles. The molecular weight excluding hydrogens is 260 g/mol. The summed E-state index contributed by atoms with van der Waals surface area (Å²) in [6.07, 6.45) is 4.49. The lowest BCUT2D eigenvalue weighted by Crippen LogP contribution is -2.24. The Labute approximate surface area is 126 Å². The quantitative estimate of drug-likeness (QED) is 0.835. The van der Waals surface area contributed by atoms with E-state index in [4.69, 9.17) is 4.74 Å². The third-order valence-electron chi connectivity index (χ3n) is 4.73. The van der Waals surface area contributed by atoms with E-state index in [2.05, 4.69) is 37.3 Å². The van der Waals surface area contributed by atoms with Crippen molar-refractivity contribution >= 4 is 0 Å². The Balaban J connectivity index is 1.96. The van der Waals surface area contributed by atoms with Crippen LogP contribution in [-0.2, 0) is 18.3 Å². The number of hydrogen-bond donors (Lipinski definition) is 1. The Hall–Kier alpha value is -1.96. The highest BCUT2D eigenvalue weighted by Gasteiger charge is 2.30. The first-order chi connectivity index (χ1) is 10.1. The molecule has 0 heterocycles. The molecule has 0 aromatic heterocycles. The van der Waals surface area contributed by atoms with E-state index >= 15 is 0 Å². The van der Waals surface area contributed by atoms with Crippen molar-refractivity contribution in [3.05, 3.63) is 59.2 Å². The first kappa shape index (κ1) is 14.0. The van der Waals surface area contributed by atoms with Crippen molar-refractivity contribution in [2.24, 2.45) is 0 Å². The molecule has 1 N–H and O–H groups in total. The van der Waals surface area contributed by atoms with Crippen LogP contribution in [0.15, 0.2) is 42.5 Å². The topological polar surface area (TPSA) is 29.5 Å². The van der Waals surface area contributed by atoms with Gasteiger partial charge in [0.2, 0.25) is 0 Å². The highest BCUT2D eigenvalue weighted by atomic mass is 16.5. The van der Waals surface area contributed by atoms with Gasteiger partial charge in [0.15, 0.2) is 0 Å². The molecule has 0 saturated heterocycles. The average Bonchev–Trinajstić information content (AvgIpc) is 2.66. The molecule has 21 heavy (non-hydrogen) atoms. The normalized spacial score (nSPS) is 21.4. The second-order valence-corrected chi connectivity index (χ2v) is 6.27. The summed E-state index contributed by atoms with van der Waals surface area (Å²) < 4.78 is 5.34. The van der Waals surface area contributed by atoms with E-state index in [1.54, 1.807) is 19.2 Å². The van der Waals surface area contributed by atoms with Crippen LogP contribution in [0.1, 0.15) is 36.5 Å². The third-order valence-corrected chi connectivity index (χ3v) is 4.73. The van der Waals surface area contributed by atoms with Gasteiger partial charge in [-0.05, 0) is 72.1 Å². The summed E-state index contributed by atoms with van der Waals surface area (Å²) >= 11 is 0. The maximum absolute atomic E-state index is 9.50. The molecule has 0 amide bonds. The van der Waals surface area contributed by atoms with Crippen molar-refractivity contribution in [1.29, 1.82) is 0 Å². The van der Waals surface area contributed by atoms with Gasteiger partial charge >= 0.3 is 0 Å². The van der Waals surface area contributed by atoms with E-state index in [9.17, 15) is 5.11 Å². The van der Waals surface area contributed by atoms with E-state index in [0.717, 1.165) is 25.0 Å². The average molecular weight is 282 g/mol. The fourth-order valence-corrected chi connectivity index (χ4v) is 3.42. The number of phenolic OH excluding ortho intramolecular Hbond substituents is 1. The molecule has 110 valence electrons. The van der Waals surface area contributed by atoms with Crippen LogP contribution in [0.3, 0.4) is 0 Å². The van der Waals surface area contributed by atoms with Crippen molar-refractivity contribution in [3.63, 3.8) is 0 Å². The van der Waals surface area contributed by atoms with Gasteiger partial charge in [-0.3, -0.25) is 0 Å². The van der Waals surface area contributed by atoms with Gasteiger partial charge in [0.25, 0.3) is 0 Å². The van der Waals surface area contributed by atoms with Gasteiger partial charge in [0.05, 0.1) is 7.11 Å². The molecule has 1 aliphatic rings. The van der Waals surface area contributed by atoms with Crippen molar-refractivity contribution < 1.29 is 9.84 Å². The standard InChI is InChI=1S/C19H22O2/c1-19(16-6-8-17(20)9-7-16)11-3-4-14-12-18(21-2)10-5-15(14)13-19/h5-10,12,20H,3-4,11,13H2,1-2H3. The smallest absolute Gasteiger partial charge is 0.119 e. The summed E-state index contributed by atoms with van der Waals surface area (Å²) in [4.78, 5) is 0. The second kappa shape index (κ2) is 5.44. The summed E-state index contributed by atoms with van der Waals surface area (Å²) in [5, 5.41) is 9.50. The number of phenols is 1. The molecule has 0 radical (unpaired) electrons. The van der Waals surface area contributed by atoms with Crippen molar-refractivity contribution in [1.82, 2.24) is 0 Å². The first-order valence-electron chi connectivity index (χ1n) is 7.56. The van der Waals surface area contributed by atoms with Crippen LogP contribution >= 0.6 is 0 Å². The minimum absolute atomic E-state index is 0.132. The van der Waals surface area contributed by atoms with E-state index in [-0.39, 0.29) is 5.41 Å². The largest absolute Gasteiger partial charge is 0.508 e. The van der Waals surface area contributed by atoms with Crippen molar-refractivity contribution in [2.45, 2.75) is 38.0 Å². The van der Waals surface area contributed by atoms with Crippen LogP contribution in [-0.4, -0.2) is 12.2 Å². The van der Waals surface area contributed by atoms with E-state index < -0.39 is 0 Å². The fourth-order valence-electron chi connectivity index (χ4n) is 3.42. The molecule has 0 bridgehead atoms. The highest BCUT2D eigenvalue weighted by Crippen LogP contribution is 2.38. The van der Waals surface area contributed by atoms with Gasteiger partial charge < -0.3 is 9.84 Å². The number of fused-ring (bicyclic) bond motifs is 1. The molecule has 2 nitrogen and oxygen atoms in total. The molecule has 0 fully saturated rings. The van der Waals surface area contributed by atoms with Crippen LogP contribution < -0.4 is 4.74 Å². The zero-order valence-electron chi connectivity index (χ0n) is 12.7. The van der Waals surface area contributed by atoms with E-state index in [1.165, 1.54) is 23.1 Å². The van der Waals surface area contributed by atoms with Gasteiger partial charge in [-0.15, -0.1) is 0 Å². The molecule has 1 unspecified atom stereocenters. The molecule has 2 heteroatoms. The third kappa shape index (κ3) is 2.76. The molecule has 1 aliphatic carbocycles. The second-order valence-electron chi connectivity index (χ2n) is 6.27. The Bertz CT molecular complexity index is 631. The number of rotatable bonds is 2. The Morgan fingerprint density at radius 3 is 2.52 bits per heavy atom. The summed E-state index contributed by atoms with van der Waals surface area (Å²) in [6.45, 7) is 2.33. The number of benzene rings is 2. The molecule has 2 aromatic carbocycles. The van der Waals surface area contributed by atoms with Crippen molar-refractivity contribution in [3.8, 4) is 11.5 Å². The lowest BCUT2D eigenvalue weighted by Gasteiger charge is -2.29. The van der Waals surface area contributed by atoms with Crippen LogP contribution in [0.5, 0.6) is 11.5 Å². The van der Waals surface area contributed by atoms with Gasteiger partial charge in [0.1, 0.15) is 11.5 Å². The Morgan fingerprint density at radius 1 is 1.05 bits per heavy atom. The number of methoxy groups -OCH3 is 1. The molecule has 3 rings (SSSR count). The SMILES string of the molecule is COc1ccc2c(c1)CCCC(C)(c1ccc(O)cc1)C2. The highest BCUT2D eigenvalue weighted by molar-refractivity contribution is 5.40. The lowest BCUT2D eigenvalue weighted by molar-refractivity contribution is 0.414. The van der Waals surface area contributed by atoms with Crippen molar-refractivity contribution in [2.75, 3.05) is 7.11 Å². The zero-order chi connectivity index (χ0) is 14.9. The van der Waals surface area contributed by atoms with E-state index in [0.29, 0.717) is 5.75 Å². The van der Waals surface area contributed by atoms with Gasteiger partial charge in [-0.1, -0.05) is 25.1 Å². The van der Waals surface area contributed by atoms with Crippen LogP contribution in [0.25, 0.3) is 0 Å². The summed E-state index contributed by atoms with van der Waals surface area (Å²) in [5.41, 5.74) is 4.28. The van der Waals surface area contributed by atoms with Gasteiger partial charge in [-0.25, -0.2) is 0 Å². The van der Waals surface area contributed by atoms with E-state index in [1.807, 2.05) is 0 Å². The molecular formula is C19H22O2. The number of ether oxygens (including phenoxy) is 1.